The second-order valence-corrected chi connectivity index (χ2v) is 7.12. The quantitative estimate of drug-likeness (QED) is 0.698. The maximum atomic E-state index is 12.0. The molecule has 0 atom stereocenters. The number of amides is 1. The van der Waals surface area contributed by atoms with E-state index in [1.54, 1.807) is 17.4 Å². The smallest absolute Gasteiger partial charge is 0.252 e. The number of nitrogens with one attached hydrogen (secondary N) is 1. The van der Waals surface area contributed by atoms with Crippen LogP contribution in [0.15, 0.2) is 43.1 Å². The Hall–Kier alpha value is -0.170. The van der Waals surface area contributed by atoms with E-state index >= 15 is 0 Å². The molecule has 18 heavy (non-hydrogen) atoms. The molecule has 1 aromatic carbocycles. The summed E-state index contributed by atoms with van der Waals surface area (Å²) in [5, 5.41) is 4.89. The van der Waals surface area contributed by atoms with Crippen LogP contribution in [0.1, 0.15) is 15.2 Å². The van der Waals surface area contributed by atoms with E-state index in [-0.39, 0.29) is 5.91 Å². The van der Waals surface area contributed by atoms with Crippen LogP contribution in [0.2, 0.25) is 0 Å². The number of rotatable bonds is 3. The van der Waals surface area contributed by atoms with Crippen LogP contribution in [0.5, 0.6) is 0 Å². The molecule has 2 rings (SSSR count). The van der Waals surface area contributed by atoms with Gasteiger partial charge in [0.15, 0.2) is 0 Å². The minimum Gasteiger partial charge on any atom is -0.347 e. The van der Waals surface area contributed by atoms with E-state index in [0.29, 0.717) is 12.1 Å². The second kappa shape index (κ2) is 6.32. The molecule has 0 spiro atoms. The molecule has 94 valence electrons. The van der Waals surface area contributed by atoms with Crippen molar-refractivity contribution in [3.05, 3.63) is 53.5 Å². The predicted molar refractivity (Wildman–Crippen MR) is 85.0 cm³/mol. The highest BCUT2D eigenvalue weighted by Gasteiger charge is 2.10. The molecule has 0 bridgehead atoms. The van der Waals surface area contributed by atoms with Gasteiger partial charge in [-0.2, -0.15) is 0 Å². The molecule has 1 aromatic heterocycles. The van der Waals surface area contributed by atoms with Gasteiger partial charge in [-0.15, -0.1) is 11.3 Å². The molecule has 0 saturated heterocycles. The molecule has 6 heteroatoms. The van der Waals surface area contributed by atoms with E-state index in [1.165, 1.54) is 0 Å². The minimum absolute atomic E-state index is 0.0883. The fraction of sp³-hybridized carbons (Fsp3) is 0.0833. The van der Waals surface area contributed by atoms with Crippen molar-refractivity contribution < 1.29 is 4.79 Å². The molecule has 0 unspecified atom stereocenters. The first-order chi connectivity index (χ1) is 8.58. The highest BCUT2D eigenvalue weighted by molar-refractivity contribution is 9.11. The van der Waals surface area contributed by atoms with Crippen molar-refractivity contribution >= 4 is 65.0 Å². The van der Waals surface area contributed by atoms with Crippen molar-refractivity contribution in [3.63, 3.8) is 0 Å². The average molecular weight is 454 g/mol. The molecule has 0 aliphatic rings. The standard InChI is InChI=1S/C12H8Br3NOS/c13-7-1-2-8(10(15)5-7)12(17)16-6-11-9(14)3-4-18-11/h1-5H,6H2,(H,16,17). The van der Waals surface area contributed by atoms with Crippen molar-refractivity contribution in [2.45, 2.75) is 6.54 Å². The zero-order valence-electron chi connectivity index (χ0n) is 9.04. The molecule has 2 aromatic rings. The SMILES string of the molecule is O=C(NCc1sccc1Br)c1ccc(Br)cc1Br. The van der Waals surface area contributed by atoms with Crippen LogP contribution in [-0.2, 0) is 6.54 Å². The van der Waals surface area contributed by atoms with Crippen LogP contribution in [-0.4, -0.2) is 5.91 Å². The van der Waals surface area contributed by atoms with Gasteiger partial charge in [0.2, 0.25) is 0 Å². The summed E-state index contributed by atoms with van der Waals surface area (Å²) in [6, 6.07) is 7.46. The third-order valence-electron chi connectivity index (χ3n) is 2.28. The third kappa shape index (κ3) is 3.44. The van der Waals surface area contributed by atoms with Crippen molar-refractivity contribution in [3.8, 4) is 0 Å². The number of carbonyl (C=O) groups excluding carboxylic acids is 1. The topological polar surface area (TPSA) is 29.1 Å². The molecule has 2 nitrogen and oxygen atoms in total. The zero-order valence-corrected chi connectivity index (χ0v) is 14.6. The molecule has 1 N–H and O–H groups in total. The number of halogens is 3. The Morgan fingerprint density at radius 2 is 1.94 bits per heavy atom. The summed E-state index contributed by atoms with van der Waals surface area (Å²) in [5.41, 5.74) is 0.630. The van der Waals surface area contributed by atoms with Crippen LogP contribution in [0, 0.1) is 0 Å². The fourth-order valence-electron chi connectivity index (χ4n) is 1.38. The van der Waals surface area contributed by atoms with Gasteiger partial charge in [-0.1, -0.05) is 15.9 Å². The molecule has 0 aliphatic carbocycles. The monoisotopic (exact) mass is 451 g/mol. The van der Waals surface area contributed by atoms with Crippen molar-refractivity contribution in [2.24, 2.45) is 0 Å². The maximum Gasteiger partial charge on any atom is 0.252 e. The summed E-state index contributed by atoms with van der Waals surface area (Å²) in [5.74, 6) is -0.0883. The normalized spacial score (nSPS) is 10.4. The summed E-state index contributed by atoms with van der Waals surface area (Å²) in [6.07, 6.45) is 0. The van der Waals surface area contributed by atoms with Gasteiger partial charge in [0.1, 0.15) is 0 Å². The molecule has 1 heterocycles. The van der Waals surface area contributed by atoms with Gasteiger partial charge in [-0.05, 0) is 61.5 Å². The molecule has 0 radical (unpaired) electrons. The zero-order chi connectivity index (χ0) is 13.1. The summed E-state index contributed by atoms with van der Waals surface area (Å²) >= 11 is 11.8. The second-order valence-electron chi connectivity index (χ2n) is 3.50. The van der Waals surface area contributed by atoms with Gasteiger partial charge >= 0.3 is 0 Å². The summed E-state index contributed by atoms with van der Waals surface area (Å²) in [4.78, 5) is 13.1. The molecule has 0 fully saturated rings. The highest BCUT2D eigenvalue weighted by atomic mass is 79.9. The van der Waals surface area contributed by atoms with Crippen LogP contribution >= 0.6 is 59.1 Å². The van der Waals surface area contributed by atoms with Gasteiger partial charge in [0.05, 0.1) is 12.1 Å². The van der Waals surface area contributed by atoms with E-state index in [1.807, 2.05) is 23.6 Å². The largest absolute Gasteiger partial charge is 0.347 e. The lowest BCUT2D eigenvalue weighted by molar-refractivity contribution is 0.0950. The first-order valence-electron chi connectivity index (χ1n) is 5.03. The minimum atomic E-state index is -0.0883. The Morgan fingerprint density at radius 3 is 2.56 bits per heavy atom. The number of hydrogen-bond acceptors (Lipinski definition) is 2. The Labute approximate surface area is 134 Å². The van der Waals surface area contributed by atoms with Gasteiger partial charge in [-0.25, -0.2) is 0 Å². The summed E-state index contributed by atoms with van der Waals surface area (Å²) in [6.45, 7) is 0.527. The molecular weight excluding hydrogens is 446 g/mol. The fourth-order valence-corrected chi connectivity index (χ4v) is 4.04. The number of benzene rings is 1. The highest BCUT2D eigenvalue weighted by Crippen LogP contribution is 2.24. The lowest BCUT2D eigenvalue weighted by Gasteiger charge is -2.06. The molecule has 1 amide bonds. The van der Waals surface area contributed by atoms with Crippen LogP contribution < -0.4 is 5.32 Å². The van der Waals surface area contributed by atoms with E-state index < -0.39 is 0 Å². The lowest BCUT2D eigenvalue weighted by Crippen LogP contribution is -2.22. The Kier molecular flexibility index (Phi) is 5.00. The summed E-state index contributed by atoms with van der Waals surface area (Å²) < 4.78 is 2.74. The molecule has 0 saturated carbocycles. The maximum absolute atomic E-state index is 12.0. The van der Waals surface area contributed by atoms with E-state index in [4.69, 9.17) is 0 Å². The van der Waals surface area contributed by atoms with E-state index in [9.17, 15) is 4.79 Å². The molecular formula is C12H8Br3NOS. The first kappa shape index (κ1) is 14.2. The predicted octanol–water partition coefficient (Wildman–Crippen LogP) is 4.97. The first-order valence-corrected chi connectivity index (χ1v) is 8.29. The van der Waals surface area contributed by atoms with Crippen LogP contribution in [0.3, 0.4) is 0 Å². The Bertz CT molecular complexity index is 582. The van der Waals surface area contributed by atoms with Crippen LogP contribution in [0.4, 0.5) is 0 Å². The van der Waals surface area contributed by atoms with Crippen LogP contribution in [0.25, 0.3) is 0 Å². The van der Waals surface area contributed by atoms with E-state index in [0.717, 1.165) is 18.3 Å². The summed E-state index contributed by atoms with van der Waals surface area (Å²) in [7, 11) is 0. The van der Waals surface area contributed by atoms with E-state index in [2.05, 4.69) is 53.1 Å². The van der Waals surface area contributed by atoms with Gasteiger partial charge in [-0.3, -0.25) is 4.79 Å². The third-order valence-corrected chi connectivity index (χ3v) is 5.35. The number of thiophene rings is 1. The Balaban J connectivity index is 2.06. The Morgan fingerprint density at radius 1 is 1.17 bits per heavy atom. The van der Waals surface area contributed by atoms with Gasteiger partial charge < -0.3 is 5.32 Å². The van der Waals surface area contributed by atoms with Crippen molar-refractivity contribution in [2.75, 3.05) is 0 Å². The average Bonchev–Trinajstić information content (AvgIpc) is 2.72. The molecule has 0 aliphatic heterocycles. The van der Waals surface area contributed by atoms with Crippen molar-refractivity contribution in [1.29, 1.82) is 0 Å². The van der Waals surface area contributed by atoms with Gasteiger partial charge in [0, 0.05) is 18.3 Å². The van der Waals surface area contributed by atoms with Crippen molar-refractivity contribution in [1.82, 2.24) is 5.32 Å². The van der Waals surface area contributed by atoms with Gasteiger partial charge in [0.25, 0.3) is 5.91 Å². The number of hydrogen-bond donors (Lipinski definition) is 1. The number of carbonyl (C=O) groups is 1. The lowest BCUT2D eigenvalue weighted by atomic mass is 10.2.